The van der Waals surface area contributed by atoms with E-state index in [-0.39, 0.29) is 23.0 Å². The van der Waals surface area contributed by atoms with Gasteiger partial charge in [-0.05, 0) is 37.3 Å². The Kier molecular flexibility index (Phi) is 5.77. The number of anilines is 2. The number of fused-ring (bicyclic) bond motifs is 1. The molecule has 2 aromatic heterocycles. The van der Waals surface area contributed by atoms with E-state index in [4.69, 9.17) is 16.3 Å². The second-order valence-corrected chi connectivity index (χ2v) is 5.52. The number of ether oxygens (including phenoxy) is 1. The maximum atomic E-state index is 13.3. The molecule has 0 bridgehead atoms. The van der Waals surface area contributed by atoms with Crippen LogP contribution in [0.1, 0.15) is 16.1 Å². The van der Waals surface area contributed by atoms with E-state index in [1.54, 1.807) is 0 Å². The highest BCUT2D eigenvalue weighted by Crippen LogP contribution is 2.30. The van der Waals surface area contributed by atoms with Gasteiger partial charge in [-0.2, -0.15) is 0 Å². The Balaban J connectivity index is 0.00000225. The zero-order valence-corrected chi connectivity index (χ0v) is 14.9. The van der Waals surface area contributed by atoms with Gasteiger partial charge in [-0.15, -0.1) is 12.4 Å². The zero-order chi connectivity index (χ0) is 17.3. The molecule has 1 N–H and O–H groups in total. The van der Waals surface area contributed by atoms with Gasteiger partial charge in [0.15, 0.2) is 5.65 Å². The fourth-order valence-electron chi connectivity index (χ4n) is 2.29. The van der Waals surface area contributed by atoms with E-state index in [0.29, 0.717) is 22.4 Å². The summed E-state index contributed by atoms with van der Waals surface area (Å²) in [6.45, 7) is 1.85. The topological polar surface area (TPSA) is 64.1 Å². The lowest BCUT2D eigenvalue weighted by Crippen LogP contribution is -2.08. The van der Waals surface area contributed by atoms with Crippen molar-refractivity contribution in [3.8, 4) is 0 Å². The molecule has 25 heavy (non-hydrogen) atoms. The molecule has 0 saturated carbocycles. The molecule has 0 aliphatic heterocycles. The van der Waals surface area contributed by atoms with E-state index in [1.165, 1.54) is 31.5 Å². The average molecular weight is 382 g/mol. The minimum Gasteiger partial charge on any atom is -0.465 e. The molecule has 0 fully saturated rings. The number of rotatable bonds is 3. The van der Waals surface area contributed by atoms with Crippen molar-refractivity contribution < 1.29 is 13.9 Å². The predicted octanol–water partition coefficient (Wildman–Crippen LogP) is 4.68. The van der Waals surface area contributed by atoms with Gasteiger partial charge in [0, 0.05) is 23.0 Å². The van der Waals surface area contributed by atoms with E-state index >= 15 is 0 Å². The molecule has 0 aliphatic carbocycles. The minimum absolute atomic E-state index is 0. The number of hydrogen-bond acceptors (Lipinski definition) is 5. The number of benzene rings is 1. The molecular formula is C17H14Cl2FN3O2. The van der Waals surface area contributed by atoms with Crippen LogP contribution in [0.3, 0.4) is 0 Å². The first kappa shape index (κ1) is 18.9. The van der Waals surface area contributed by atoms with Crippen molar-refractivity contribution in [1.82, 2.24) is 9.97 Å². The molecule has 0 atom stereocenters. The summed E-state index contributed by atoms with van der Waals surface area (Å²) in [7, 11) is 1.29. The third-order valence-electron chi connectivity index (χ3n) is 3.46. The lowest BCUT2D eigenvalue weighted by atomic mass is 10.1. The first-order chi connectivity index (χ1) is 11.5. The second kappa shape index (κ2) is 7.63. The average Bonchev–Trinajstić information content (AvgIpc) is 2.57. The Morgan fingerprint density at radius 3 is 2.72 bits per heavy atom. The third-order valence-corrected chi connectivity index (χ3v) is 3.75. The Morgan fingerprint density at radius 1 is 1.28 bits per heavy atom. The molecule has 0 unspecified atom stereocenters. The van der Waals surface area contributed by atoms with Gasteiger partial charge in [0.25, 0.3) is 0 Å². The molecule has 2 heterocycles. The van der Waals surface area contributed by atoms with Crippen molar-refractivity contribution in [3.63, 3.8) is 0 Å². The first-order valence-corrected chi connectivity index (χ1v) is 7.44. The van der Waals surface area contributed by atoms with E-state index in [0.717, 1.165) is 5.69 Å². The van der Waals surface area contributed by atoms with Crippen LogP contribution in [-0.4, -0.2) is 23.0 Å². The van der Waals surface area contributed by atoms with Crippen LogP contribution in [0.4, 0.5) is 15.8 Å². The number of pyridine rings is 2. The standard InChI is InChI=1S/C17H13ClFN3O2.ClH/c1-9-3-5-11-15(22-10-4-6-14(19)13(18)7-10)12(17(23)24-2)8-20-16(11)21-9;/h3-8H,1-2H3,(H,20,21,22);1H. The van der Waals surface area contributed by atoms with E-state index in [2.05, 4.69) is 15.3 Å². The van der Waals surface area contributed by atoms with Gasteiger partial charge in [0.05, 0.1) is 17.8 Å². The van der Waals surface area contributed by atoms with Crippen molar-refractivity contribution in [1.29, 1.82) is 0 Å². The summed E-state index contributed by atoms with van der Waals surface area (Å²) in [5.74, 6) is -1.06. The summed E-state index contributed by atoms with van der Waals surface area (Å²) in [4.78, 5) is 20.6. The van der Waals surface area contributed by atoms with Gasteiger partial charge in [0.2, 0.25) is 0 Å². The van der Waals surface area contributed by atoms with Crippen molar-refractivity contribution in [2.45, 2.75) is 6.92 Å². The number of aromatic nitrogens is 2. The number of nitrogens with zero attached hydrogens (tertiary/aromatic N) is 2. The summed E-state index contributed by atoms with van der Waals surface area (Å²) in [6, 6.07) is 7.83. The number of nitrogens with one attached hydrogen (secondary N) is 1. The minimum atomic E-state index is -0.541. The van der Waals surface area contributed by atoms with Crippen LogP contribution < -0.4 is 5.32 Å². The van der Waals surface area contributed by atoms with Crippen LogP contribution in [0.5, 0.6) is 0 Å². The number of aryl methyl sites for hydroxylation is 1. The Morgan fingerprint density at radius 2 is 2.04 bits per heavy atom. The highest BCUT2D eigenvalue weighted by Gasteiger charge is 2.17. The highest BCUT2D eigenvalue weighted by molar-refractivity contribution is 6.31. The quantitative estimate of drug-likeness (QED) is 0.667. The Bertz CT molecular complexity index is 951. The fourth-order valence-corrected chi connectivity index (χ4v) is 2.47. The monoisotopic (exact) mass is 381 g/mol. The zero-order valence-electron chi connectivity index (χ0n) is 13.3. The molecule has 0 spiro atoms. The molecule has 3 rings (SSSR count). The molecule has 0 amide bonds. The van der Waals surface area contributed by atoms with Crippen LogP contribution >= 0.6 is 24.0 Å². The maximum Gasteiger partial charge on any atom is 0.341 e. The molecule has 130 valence electrons. The Labute approximate surface area is 154 Å². The van der Waals surface area contributed by atoms with Crippen molar-refractivity contribution in [3.05, 3.63) is 58.6 Å². The van der Waals surface area contributed by atoms with E-state index in [1.807, 2.05) is 19.1 Å². The largest absolute Gasteiger partial charge is 0.465 e. The maximum absolute atomic E-state index is 13.3. The van der Waals surface area contributed by atoms with Crippen LogP contribution in [0.15, 0.2) is 36.5 Å². The van der Waals surface area contributed by atoms with Gasteiger partial charge in [0.1, 0.15) is 11.4 Å². The normalized spacial score (nSPS) is 10.2. The smallest absolute Gasteiger partial charge is 0.341 e. The highest BCUT2D eigenvalue weighted by atomic mass is 35.5. The van der Waals surface area contributed by atoms with Gasteiger partial charge in [-0.3, -0.25) is 0 Å². The van der Waals surface area contributed by atoms with Crippen molar-refractivity contribution in [2.75, 3.05) is 12.4 Å². The number of halogens is 3. The second-order valence-electron chi connectivity index (χ2n) is 5.12. The predicted molar refractivity (Wildman–Crippen MR) is 97.6 cm³/mol. The molecule has 0 radical (unpaired) electrons. The van der Waals surface area contributed by atoms with Gasteiger partial charge < -0.3 is 10.1 Å². The van der Waals surface area contributed by atoms with Crippen LogP contribution in [-0.2, 0) is 4.74 Å². The first-order valence-electron chi connectivity index (χ1n) is 7.06. The number of methoxy groups -OCH3 is 1. The molecule has 0 aliphatic rings. The van der Waals surface area contributed by atoms with E-state index in [9.17, 15) is 9.18 Å². The number of hydrogen-bond donors (Lipinski definition) is 1. The van der Waals surface area contributed by atoms with E-state index < -0.39 is 11.8 Å². The molecule has 1 aromatic carbocycles. The molecule has 5 nitrogen and oxygen atoms in total. The van der Waals surface area contributed by atoms with Gasteiger partial charge in [-0.25, -0.2) is 19.2 Å². The summed E-state index contributed by atoms with van der Waals surface area (Å²) >= 11 is 5.82. The van der Waals surface area contributed by atoms with Crippen LogP contribution in [0.2, 0.25) is 5.02 Å². The van der Waals surface area contributed by atoms with Gasteiger partial charge in [-0.1, -0.05) is 11.6 Å². The molecule has 3 aromatic rings. The third kappa shape index (κ3) is 3.81. The van der Waals surface area contributed by atoms with Crippen LogP contribution in [0.25, 0.3) is 11.0 Å². The number of carbonyl (C=O) groups is 1. The summed E-state index contributed by atoms with van der Waals surface area (Å²) in [5.41, 5.74) is 2.53. The molecule has 8 heteroatoms. The van der Waals surface area contributed by atoms with Crippen molar-refractivity contribution in [2.24, 2.45) is 0 Å². The SMILES string of the molecule is COC(=O)c1cnc2nc(C)ccc2c1Nc1ccc(F)c(Cl)c1.Cl. The lowest BCUT2D eigenvalue weighted by molar-refractivity contribution is 0.0601. The number of esters is 1. The summed E-state index contributed by atoms with van der Waals surface area (Å²) in [6.07, 6.45) is 1.40. The summed E-state index contributed by atoms with van der Waals surface area (Å²) in [5, 5.41) is 3.71. The molecular weight excluding hydrogens is 368 g/mol. The summed E-state index contributed by atoms with van der Waals surface area (Å²) < 4.78 is 18.1. The van der Waals surface area contributed by atoms with Crippen LogP contribution in [0, 0.1) is 12.7 Å². The molecule has 0 saturated heterocycles. The van der Waals surface area contributed by atoms with Crippen molar-refractivity contribution >= 4 is 52.4 Å². The number of carbonyl (C=O) groups excluding carboxylic acids is 1. The lowest BCUT2D eigenvalue weighted by Gasteiger charge is -2.14. The fraction of sp³-hybridized carbons (Fsp3) is 0.118. The Hall–Kier alpha value is -2.44. The van der Waals surface area contributed by atoms with Gasteiger partial charge >= 0.3 is 5.97 Å².